The first-order chi connectivity index (χ1) is 9.81. The average Bonchev–Trinajstić information content (AvgIpc) is 3.01. The number of likely N-dealkylation sites (tertiary alicyclic amines) is 1. The molecule has 7 heteroatoms. The molecular formula is C15H27ClN4O2. The third-order valence-corrected chi connectivity index (χ3v) is 4.01. The molecule has 6 nitrogen and oxygen atoms in total. The van der Waals surface area contributed by atoms with Crippen molar-refractivity contribution in [1.82, 2.24) is 15.0 Å². The molecule has 0 aromatic carbocycles. The largest absolute Gasteiger partial charge is 0.340 e. The van der Waals surface area contributed by atoms with Gasteiger partial charge in [0.25, 0.3) is 0 Å². The van der Waals surface area contributed by atoms with Gasteiger partial charge in [0.05, 0.1) is 0 Å². The number of nitrogens with two attached hydrogens (primary N) is 1. The number of halogens is 1. The van der Waals surface area contributed by atoms with Crippen molar-refractivity contribution in [3.05, 3.63) is 11.7 Å². The summed E-state index contributed by atoms with van der Waals surface area (Å²) in [7, 11) is 0. The molecule has 2 N–H and O–H groups in total. The summed E-state index contributed by atoms with van der Waals surface area (Å²) in [5, 5.41) is 3.98. The second kappa shape index (κ2) is 7.42. The van der Waals surface area contributed by atoms with Gasteiger partial charge in [-0.25, -0.2) is 0 Å². The molecule has 0 saturated carbocycles. The van der Waals surface area contributed by atoms with Gasteiger partial charge in [-0.2, -0.15) is 4.98 Å². The summed E-state index contributed by atoms with van der Waals surface area (Å²) >= 11 is 0. The first-order valence-corrected chi connectivity index (χ1v) is 7.64. The van der Waals surface area contributed by atoms with E-state index >= 15 is 0 Å². The van der Waals surface area contributed by atoms with Gasteiger partial charge in [0.1, 0.15) is 0 Å². The number of carbonyl (C=O) groups excluding carboxylic acids is 1. The molecule has 2 atom stereocenters. The molecule has 0 radical (unpaired) electrons. The Labute approximate surface area is 138 Å². The minimum atomic E-state index is -0.135. The predicted octanol–water partition coefficient (Wildman–Crippen LogP) is 1.92. The Bertz CT molecular complexity index is 498. The highest BCUT2D eigenvalue weighted by molar-refractivity contribution is 5.85. The number of rotatable bonds is 4. The third-order valence-electron chi connectivity index (χ3n) is 4.01. The minimum Gasteiger partial charge on any atom is -0.340 e. The molecule has 0 spiro atoms. The number of hydrogen-bond acceptors (Lipinski definition) is 5. The van der Waals surface area contributed by atoms with Crippen molar-refractivity contribution in [1.29, 1.82) is 0 Å². The van der Waals surface area contributed by atoms with E-state index in [0.29, 0.717) is 37.0 Å². The Balaban J connectivity index is 0.00000242. The summed E-state index contributed by atoms with van der Waals surface area (Å²) in [6.07, 6.45) is 1.91. The van der Waals surface area contributed by atoms with Gasteiger partial charge in [-0.15, -0.1) is 12.4 Å². The standard InChI is InChI=1S/C15H26N4O2.ClH/c1-10-7-11(8-16)9-19(10)13(20)6-5-12-17-14(18-21-12)15(2,3)4;/h10-11H,5-9,16H2,1-4H3;1H. The Morgan fingerprint density at radius 2 is 2.14 bits per heavy atom. The Morgan fingerprint density at radius 3 is 2.64 bits per heavy atom. The zero-order valence-electron chi connectivity index (χ0n) is 13.8. The highest BCUT2D eigenvalue weighted by atomic mass is 35.5. The van der Waals surface area contributed by atoms with Crippen molar-refractivity contribution in [3.63, 3.8) is 0 Å². The predicted molar refractivity (Wildman–Crippen MR) is 86.9 cm³/mol. The summed E-state index contributed by atoms with van der Waals surface area (Å²) in [6.45, 7) is 9.60. The molecule has 1 saturated heterocycles. The summed E-state index contributed by atoms with van der Waals surface area (Å²) < 4.78 is 5.22. The van der Waals surface area contributed by atoms with Crippen molar-refractivity contribution in [2.24, 2.45) is 11.7 Å². The monoisotopic (exact) mass is 330 g/mol. The van der Waals surface area contributed by atoms with E-state index in [0.717, 1.165) is 13.0 Å². The van der Waals surface area contributed by atoms with Crippen molar-refractivity contribution in [2.45, 2.75) is 58.4 Å². The minimum absolute atomic E-state index is 0. The molecule has 1 amide bonds. The maximum atomic E-state index is 12.3. The molecule has 2 rings (SSSR count). The molecule has 2 unspecified atom stereocenters. The maximum absolute atomic E-state index is 12.3. The molecule has 0 bridgehead atoms. The fourth-order valence-corrected chi connectivity index (χ4v) is 2.68. The molecular weight excluding hydrogens is 304 g/mol. The number of hydrogen-bond donors (Lipinski definition) is 1. The van der Waals surface area contributed by atoms with Crippen LogP contribution in [0.1, 0.15) is 52.3 Å². The molecule has 1 aromatic rings. The van der Waals surface area contributed by atoms with Gasteiger partial charge >= 0.3 is 0 Å². The van der Waals surface area contributed by atoms with E-state index in [2.05, 4.69) is 17.1 Å². The van der Waals surface area contributed by atoms with E-state index in [-0.39, 0.29) is 29.8 Å². The van der Waals surface area contributed by atoms with Gasteiger partial charge in [-0.1, -0.05) is 25.9 Å². The average molecular weight is 331 g/mol. The van der Waals surface area contributed by atoms with E-state index in [1.807, 2.05) is 25.7 Å². The van der Waals surface area contributed by atoms with Gasteiger partial charge in [0, 0.05) is 30.8 Å². The fraction of sp³-hybridized carbons (Fsp3) is 0.800. The maximum Gasteiger partial charge on any atom is 0.227 e. The second-order valence-electron chi connectivity index (χ2n) is 6.99. The lowest BCUT2D eigenvalue weighted by Crippen LogP contribution is -2.34. The zero-order chi connectivity index (χ0) is 15.6. The molecule has 22 heavy (non-hydrogen) atoms. The molecule has 1 fully saturated rings. The number of aromatic nitrogens is 2. The first-order valence-electron chi connectivity index (χ1n) is 7.64. The van der Waals surface area contributed by atoms with Crippen molar-refractivity contribution >= 4 is 18.3 Å². The summed E-state index contributed by atoms with van der Waals surface area (Å²) in [5.41, 5.74) is 5.56. The van der Waals surface area contributed by atoms with Gasteiger partial charge in [0.15, 0.2) is 5.82 Å². The van der Waals surface area contributed by atoms with Crippen molar-refractivity contribution in [3.8, 4) is 0 Å². The molecule has 0 aliphatic carbocycles. The highest BCUT2D eigenvalue weighted by Gasteiger charge is 2.31. The van der Waals surface area contributed by atoms with Gasteiger partial charge < -0.3 is 15.2 Å². The SMILES string of the molecule is CC1CC(CN)CN1C(=O)CCc1nc(C(C)(C)C)no1.Cl. The van der Waals surface area contributed by atoms with Crippen LogP contribution in [0.4, 0.5) is 0 Å². The summed E-state index contributed by atoms with van der Waals surface area (Å²) in [5.74, 6) is 1.80. The molecule has 126 valence electrons. The van der Waals surface area contributed by atoms with Crippen LogP contribution < -0.4 is 5.73 Å². The number of aryl methyl sites for hydroxylation is 1. The lowest BCUT2D eigenvalue weighted by atomic mass is 9.96. The first kappa shape index (κ1) is 18.9. The van der Waals surface area contributed by atoms with E-state index < -0.39 is 0 Å². The van der Waals surface area contributed by atoms with Crippen LogP contribution in [0.15, 0.2) is 4.52 Å². The zero-order valence-corrected chi connectivity index (χ0v) is 14.7. The van der Waals surface area contributed by atoms with Crippen LogP contribution in [0, 0.1) is 5.92 Å². The van der Waals surface area contributed by atoms with Crippen LogP contribution in [0.25, 0.3) is 0 Å². The topological polar surface area (TPSA) is 85.2 Å². The molecule has 1 aromatic heterocycles. The lowest BCUT2D eigenvalue weighted by Gasteiger charge is -2.21. The van der Waals surface area contributed by atoms with E-state index in [4.69, 9.17) is 10.3 Å². The van der Waals surface area contributed by atoms with Crippen LogP contribution in [0.3, 0.4) is 0 Å². The van der Waals surface area contributed by atoms with Gasteiger partial charge in [-0.3, -0.25) is 4.79 Å². The van der Waals surface area contributed by atoms with Crippen LogP contribution in [0.5, 0.6) is 0 Å². The Kier molecular flexibility index (Phi) is 6.38. The van der Waals surface area contributed by atoms with Crippen molar-refractivity contribution < 1.29 is 9.32 Å². The van der Waals surface area contributed by atoms with Crippen LogP contribution >= 0.6 is 12.4 Å². The number of nitrogens with zero attached hydrogens (tertiary/aromatic N) is 3. The van der Waals surface area contributed by atoms with Gasteiger partial charge in [-0.05, 0) is 25.8 Å². The fourth-order valence-electron chi connectivity index (χ4n) is 2.68. The van der Waals surface area contributed by atoms with Crippen LogP contribution in [0.2, 0.25) is 0 Å². The highest BCUT2D eigenvalue weighted by Crippen LogP contribution is 2.23. The molecule has 1 aliphatic heterocycles. The third kappa shape index (κ3) is 4.43. The molecule has 1 aliphatic rings. The lowest BCUT2D eigenvalue weighted by molar-refractivity contribution is -0.131. The van der Waals surface area contributed by atoms with E-state index in [9.17, 15) is 4.79 Å². The van der Waals surface area contributed by atoms with E-state index in [1.54, 1.807) is 0 Å². The number of carbonyl (C=O) groups is 1. The summed E-state index contributed by atoms with van der Waals surface area (Å²) in [4.78, 5) is 18.6. The van der Waals surface area contributed by atoms with Gasteiger partial charge in [0.2, 0.25) is 11.8 Å². The normalized spacial score (nSPS) is 21.8. The smallest absolute Gasteiger partial charge is 0.227 e. The number of amides is 1. The van der Waals surface area contributed by atoms with Crippen LogP contribution in [-0.2, 0) is 16.6 Å². The second-order valence-corrected chi connectivity index (χ2v) is 6.99. The summed E-state index contributed by atoms with van der Waals surface area (Å²) in [6, 6.07) is 0.277. The van der Waals surface area contributed by atoms with E-state index in [1.165, 1.54) is 0 Å². The quantitative estimate of drug-likeness (QED) is 0.911. The Hall–Kier alpha value is -1.14. The molecule has 2 heterocycles. The van der Waals surface area contributed by atoms with Crippen LogP contribution in [-0.4, -0.2) is 40.1 Å². The Morgan fingerprint density at radius 1 is 1.45 bits per heavy atom. The van der Waals surface area contributed by atoms with Crippen molar-refractivity contribution in [2.75, 3.05) is 13.1 Å².